The number of nitrogens with two attached hydrogens (primary N) is 1. The molecule has 1 aromatic carbocycles. The first-order valence-corrected chi connectivity index (χ1v) is 7.24. The third-order valence-electron chi connectivity index (χ3n) is 3.25. The summed E-state index contributed by atoms with van der Waals surface area (Å²) in [7, 11) is 3.28. The van der Waals surface area contributed by atoms with Crippen LogP contribution < -0.4 is 19.9 Å². The molecule has 1 aromatic rings. The van der Waals surface area contributed by atoms with Crippen molar-refractivity contribution in [2.45, 2.75) is 33.1 Å². The SMILES string of the molecule is CCCC(C)COc1c(OC)cc(CCN)cc1OC. The second-order valence-corrected chi connectivity index (χ2v) is 5.07. The van der Waals surface area contributed by atoms with Gasteiger partial charge < -0.3 is 19.9 Å². The molecule has 1 unspecified atom stereocenters. The molecule has 4 heteroatoms. The zero-order valence-corrected chi connectivity index (χ0v) is 13.1. The Morgan fingerprint density at radius 2 is 1.75 bits per heavy atom. The quantitative estimate of drug-likeness (QED) is 0.756. The smallest absolute Gasteiger partial charge is 0.203 e. The van der Waals surface area contributed by atoms with Crippen molar-refractivity contribution in [3.63, 3.8) is 0 Å². The van der Waals surface area contributed by atoms with E-state index in [9.17, 15) is 0 Å². The van der Waals surface area contributed by atoms with Gasteiger partial charge in [-0.05, 0) is 43.0 Å². The Morgan fingerprint density at radius 1 is 1.15 bits per heavy atom. The highest BCUT2D eigenvalue weighted by atomic mass is 16.5. The summed E-state index contributed by atoms with van der Waals surface area (Å²) in [5, 5.41) is 0. The monoisotopic (exact) mass is 281 g/mol. The van der Waals surface area contributed by atoms with Crippen molar-refractivity contribution >= 4 is 0 Å². The van der Waals surface area contributed by atoms with E-state index in [1.807, 2.05) is 12.1 Å². The highest BCUT2D eigenvalue weighted by molar-refractivity contribution is 5.54. The van der Waals surface area contributed by atoms with Crippen LogP contribution in [0.4, 0.5) is 0 Å². The molecule has 0 radical (unpaired) electrons. The molecule has 0 aromatic heterocycles. The lowest BCUT2D eigenvalue weighted by Gasteiger charge is -2.18. The molecule has 0 aliphatic rings. The fraction of sp³-hybridized carbons (Fsp3) is 0.625. The molecule has 20 heavy (non-hydrogen) atoms. The van der Waals surface area contributed by atoms with Crippen molar-refractivity contribution in [1.82, 2.24) is 0 Å². The predicted molar refractivity (Wildman–Crippen MR) is 81.9 cm³/mol. The fourth-order valence-electron chi connectivity index (χ4n) is 2.19. The standard InChI is InChI=1S/C16H27NO3/c1-5-6-12(2)11-20-16-14(18-3)9-13(7-8-17)10-15(16)19-4/h9-10,12H,5-8,11,17H2,1-4H3. The number of hydrogen-bond acceptors (Lipinski definition) is 4. The van der Waals surface area contributed by atoms with Crippen molar-refractivity contribution in [3.05, 3.63) is 17.7 Å². The van der Waals surface area contributed by atoms with E-state index in [4.69, 9.17) is 19.9 Å². The van der Waals surface area contributed by atoms with Gasteiger partial charge in [0.25, 0.3) is 0 Å². The first-order chi connectivity index (χ1) is 9.65. The van der Waals surface area contributed by atoms with E-state index in [-0.39, 0.29) is 0 Å². The lowest BCUT2D eigenvalue weighted by molar-refractivity contribution is 0.229. The summed E-state index contributed by atoms with van der Waals surface area (Å²) >= 11 is 0. The van der Waals surface area contributed by atoms with Crippen molar-refractivity contribution in [1.29, 1.82) is 0 Å². The van der Waals surface area contributed by atoms with Crippen LogP contribution in [-0.2, 0) is 6.42 Å². The average molecular weight is 281 g/mol. The molecule has 0 bridgehead atoms. The maximum atomic E-state index is 5.92. The largest absolute Gasteiger partial charge is 0.493 e. The third-order valence-corrected chi connectivity index (χ3v) is 3.25. The summed E-state index contributed by atoms with van der Waals surface area (Å²) in [6.45, 7) is 5.63. The van der Waals surface area contributed by atoms with Crippen LogP contribution >= 0.6 is 0 Å². The summed E-state index contributed by atoms with van der Waals surface area (Å²) < 4.78 is 16.8. The van der Waals surface area contributed by atoms with Gasteiger partial charge in [0, 0.05) is 0 Å². The van der Waals surface area contributed by atoms with Gasteiger partial charge in [0.05, 0.1) is 20.8 Å². The summed E-state index contributed by atoms with van der Waals surface area (Å²) in [5.41, 5.74) is 6.69. The van der Waals surface area contributed by atoms with Crippen LogP contribution in [0.15, 0.2) is 12.1 Å². The second-order valence-electron chi connectivity index (χ2n) is 5.07. The fourth-order valence-corrected chi connectivity index (χ4v) is 2.19. The Hall–Kier alpha value is -1.42. The molecule has 0 aliphatic heterocycles. The van der Waals surface area contributed by atoms with E-state index < -0.39 is 0 Å². The van der Waals surface area contributed by atoms with Gasteiger partial charge in [0.2, 0.25) is 5.75 Å². The zero-order chi connectivity index (χ0) is 15.0. The van der Waals surface area contributed by atoms with Gasteiger partial charge in [-0.25, -0.2) is 0 Å². The van der Waals surface area contributed by atoms with E-state index in [0.717, 1.165) is 24.8 Å². The normalized spacial score (nSPS) is 12.1. The lowest BCUT2D eigenvalue weighted by atomic mass is 10.1. The molecule has 0 saturated carbocycles. The van der Waals surface area contributed by atoms with Gasteiger partial charge in [0.1, 0.15) is 0 Å². The summed E-state index contributed by atoms with van der Waals surface area (Å²) in [6, 6.07) is 3.93. The highest BCUT2D eigenvalue weighted by Crippen LogP contribution is 2.39. The molecule has 0 saturated heterocycles. The molecule has 1 rings (SSSR count). The number of methoxy groups -OCH3 is 2. The van der Waals surface area contributed by atoms with Gasteiger partial charge in [-0.2, -0.15) is 0 Å². The summed E-state index contributed by atoms with van der Waals surface area (Å²) in [6.07, 6.45) is 3.10. The first kappa shape index (κ1) is 16.6. The topological polar surface area (TPSA) is 53.7 Å². The summed E-state index contributed by atoms with van der Waals surface area (Å²) in [4.78, 5) is 0. The van der Waals surface area contributed by atoms with Gasteiger partial charge in [-0.3, -0.25) is 0 Å². The van der Waals surface area contributed by atoms with Crippen molar-refractivity contribution < 1.29 is 14.2 Å². The Morgan fingerprint density at radius 3 is 2.20 bits per heavy atom. The maximum absolute atomic E-state index is 5.92. The molecule has 0 fully saturated rings. The molecule has 4 nitrogen and oxygen atoms in total. The van der Waals surface area contributed by atoms with Crippen LogP contribution in [0, 0.1) is 5.92 Å². The number of ether oxygens (including phenoxy) is 3. The predicted octanol–water partition coefficient (Wildman–Crippen LogP) is 3.02. The summed E-state index contributed by atoms with van der Waals surface area (Å²) in [5.74, 6) is 2.60. The second kappa shape index (κ2) is 8.69. The molecule has 114 valence electrons. The average Bonchev–Trinajstić information content (AvgIpc) is 2.45. The maximum Gasteiger partial charge on any atom is 0.203 e. The Balaban J connectivity index is 2.92. The zero-order valence-electron chi connectivity index (χ0n) is 13.1. The van der Waals surface area contributed by atoms with Crippen molar-refractivity contribution in [2.75, 3.05) is 27.4 Å². The van der Waals surface area contributed by atoms with E-state index in [1.165, 1.54) is 0 Å². The van der Waals surface area contributed by atoms with Crippen LogP contribution in [0.25, 0.3) is 0 Å². The van der Waals surface area contributed by atoms with E-state index in [2.05, 4.69) is 13.8 Å². The minimum absolute atomic E-state index is 0.512. The Kier molecular flexibility index (Phi) is 7.23. The highest BCUT2D eigenvalue weighted by Gasteiger charge is 2.15. The van der Waals surface area contributed by atoms with Crippen LogP contribution in [0.2, 0.25) is 0 Å². The van der Waals surface area contributed by atoms with Crippen LogP contribution in [0.5, 0.6) is 17.2 Å². The number of benzene rings is 1. The van der Waals surface area contributed by atoms with Gasteiger partial charge in [-0.15, -0.1) is 0 Å². The number of rotatable bonds is 9. The first-order valence-electron chi connectivity index (χ1n) is 7.24. The Bertz CT molecular complexity index is 382. The molecule has 0 spiro atoms. The third kappa shape index (κ3) is 4.60. The minimum atomic E-state index is 0.512. The van der Waals surface area contributed by atoms with Gasteiger partial charge in [0.15, 0.2) is 11.5 Å². The molecular weight excluding hydrogens is 254 g/mol. The minimum Gasteiger partial charge on any atom is -0.493 e. The molecule has 0 heterocycles. The van der Waals surface area contributed by atoms with Crippen molar-refractivity contribution in [2.24, 2.45) is 11.7 Å². The van der Waals surface area contributed by atoms with Gasteiger partial charge >= 0.3 is 0 Å². The van der Waals surface area contributed by atoms with E-state index in [0.29, 0.717) is 36.3 Å². The number of hydrogen-bond donors (Lipinski definition) is 1. The van der Waals surface area contributed by atoms with Gasteiger partial charge in [-0.1, -0.05) is 20.3 Å². The molecule has 0 aliphatic carbocycles. The van der Waals surface area contributed by atoms with Crippen LogP contribution in [0.3, 0.4) is 0 Å². The van der Waals surface area contributed by atoms with Crippen LogP contribution in [0.1, 0.15) is 32.3 Å². The Labute approximate surface area is 122 Å². The molecule has 2 N–H and O–H groups in total. The molecular formula is C16H27NO3. The lowest BCUT2D eigenvalue weighted by Crippen LogP contribution is -2.10. The van der Waals surface area contributed by atoms with E-state index >= 15 is 0 Å². The van der Waals surface area contributed by atoms with Crippen LogP contribution in [-0.4, -0.2) is 27.4 Å². The van der Waals surface area contributed by atoms with E-state index in [1.54, 1.807) is 14.2 Å². The molecule has 0 amide bonds. The molecule has 1 atom stereocenters. The van der Waals surface area contributed by atoms with Crippen molar-refractivity contribution in [3.8, 4) is 17.2 Å².